The van der Waals surface area contributed by atoms with Gasteiger partial charge in [0.25, 0.3) is 5.49 Å². The molecule has 0 aromatic rings. The van der Waals surface area contributed by atoms with Gasteiger partial charge < -0.3 is 5.32 Å². The van der Waals surface area contributed by atoms with Crippen molar-refractivity contribution in [1.82, 2.24) is 5.32 Å². The van der Waals surface area contributed by atoms with Crippen molar-refractivity contribution in [3.8, 4) is 0 Å². The molecule has 0 spiro atoms. The number of hydrogen-bond donors (Lipinski definition) is 1. The van der Waals surface area contributed by atoms with Gasteiger partial charge in [-0.2, -0.15) is 0 Å². The smallest absolute Gasteiger partial charge is 0.259 e. The molecule has 1 N–H and O–H groups in total. The molecular formula is C4H8N2O2S. The summed E-state index contributed by atoms with van der Waals surface area (Å²) in [5, 5.41) is 12.9. The first-order valence-electron chi connectivity index (χ1n) is 2.64. The maximum atomic E-state index is 9.88. The van der Waals surface area contributed by atoms with Crippen molar-refractivity contribution in [3.63, 3.8) is 0 Å². The predicted octanol–water partition coefficient (Wildman–Crippen LogP) is -0.148. The predicted molar refractivity (Wildman–Crippen MR) is 38.4 cm³/mol. The van der Waals surface area contributed by atoms with Crippen molar-refractivity contribution >= 4 is 16.0 Å². The minimum Gasteiger partial charge on any atom is -0.307 e. The summed E-state index contributed by atoms with van der Waals surface area (Å²) in [7, 11) is -0.0926. The zero-order chi connectivity index (χ0) is 6.69. The van der Waals surface area contributed by atoms with Crippen LogP contribution in [0.4, 0.5) is 0 Å². The average Bonchev–Trinajstić information content (AvgIpc) is 2.15. The molecular weight excluding hydrogens is 140 g/mol. The minimum absolute atomic E-state index is 0.0926. The van der Waals surface area contributed by atoms with Gasteiger partial charge in [0.2, 0.25) is 0 Å². The third kappa shape index (κ3) is 2.11. The Kier molecular flexibility index (Phi) is 2.18. The Labute approximate surface area is 55.3 Å². The van der Waals surface area contributed by atoms with Gasteiger partial charge in [-0.3, -0.25) is 10.1 Å². The molecule has 9 heavy (non-hydrogen) atoms. The maximum Gasteiger partial charge on any atom is 0.259 e. The lowest BCUT2D eigenvalue weighted by Gasteiger charge is -1.87. The van der Waals surface area contributed by atoms with Crippen LogP contribution < -0.4 is 5.32 Å². The minimum atomic E-state index is -0.351. The summed E-state index contributed by atoms with van der Waals surface area (Å²) in [4.78, 5) is 9.53. The summed E-state index contributed by atoms with van der Waals surface area (Å²) in [6.07, 6.45) is 0. The second-order valence-corrected chi connectivity index (χ2v) is 3.76. The van der Waals surface area contributed by atoms with E-state index in [2.05, 4.69) is 5.32 Å². The topological polar surface area (TPSA) is 55.2 Å². The highest BCUT2D eigenvalue weighted by Crippen LogP contribution is 2.12. The van der Waals surface area contributed by atoms with Crippen LogP contribution in [0.5, 0.6) is 0 Å². The van der Waals surface area contributed by atoms with Crippen LogP contribution in [-0.2, 0) is 0 Å². The Hall–Kier alpha value is -0.420. The van der Waals surface area contributed by atoms with Crippen LogP contribution in [0.25, 0.3) is 0 Å². The lowest BCUT2D eigenvalue weighted by molar-refractivity contribution is -0.334. The fourth-order valence-corrected chi connectivity index (χ4v) is 2.07. The van der Waals surface area contributed by atoms with Crippen molar-refractivity contribution in [2.45, 2.75) is 0 Å². The molecule has 0 saturated carbocycles. The van der Waals surface area contributed by atoms with Crippen LogP contribution in [0.1, 0.15) is 0 Å². The van der Waals surface area contributed by atoms with Crippen molar-refractivity contribution in [3.05, 3.63) is 10.1 Å². The molecule has 1 aliphatic rings. The van der Waals surface area contributed by atoms with Gasteiger partial charge in [0.05, 0.1) is 4.92 Å². The van der Waals surface area contributed by atoms with E-state index in [1.54, 1.807) is 0 Å². The van der Waals surface area contributed by atoms with Crippen molar-refractivity contribution in [1.29, 1.82) is 0 Å². The zero-order valence-electron chi connectivity index (χ0n) is 4.87. The van der Waals surface area contributed by atoms with Gasteiger partial charge in [0.15, 0.2) is 0 Å². The van der Waals surface area contributed by atoms with Crippen molar-refractivity contribution < 1.29 is 4.92 Å². The van der Waals surface area contributed by atoms with Gasteiger partial charge in [-0.25, -0.2) is 0 Å². The van der Waals surface area contributed by atoms with Crippen molar-refractivity contribution in [2.75, 3.05) is 18.2 Å². The molecule has 0 aliphatic carbocycles. The summed E-state index contributed by atoms with van der Waals surface area (Å²) in [6.45, 7) is 0.924. The van der Waals surface area contributed by atoms with Gasteiger partial charge in [-0.15, -0.1) is 10.5 Å². The van der Waals surface area contributed by atoms with E-state index in [0.717, 1.165) is 18.2 Å². The first-order valence-corrected chi connectivity index (χ1v) is 4.27. The fraction of sp³-hybridized carbons (Fsp3) is 0.750. The number of rotatable bonds is 1. The molecule has 0 amide bonds. The van der Waals surface area contributed by atoms with E-state index in [9.17, 15) is 10.1 Å². The molecule has 0 aromatic heterocycles. The van der Waals surface area contributed by atoms with Crippen LogP contribution in [0.2, 0.25) is 0 Å². The first-order chi connectivity index (χ1) is 4.29. The monoisotopic (exact) mass is 148 g/mol. The second kappa shape index (κ2) is 2.93. The van der Waals surface area contributed by atoms with E-state index in [0.29, 0.717) is 0 Å². The second-order valence-electron chi connectivity index (χ2n) is 1.78. The lowest BCUT2D eigenvalue weighted by atomic mass is 10.8. The molecule has 0 radical (unpaired) electrons. The van der Waals surface area contributed by atoms with E-state index in [1.165, 1.54) is 5.49 Å². The van der Waals surface area contributed by atoms with Crippen LogP contribution in [0.15, 0.2) is 0 Å². The third-order valence-electron chi connectivity index (χ3n) is 1.06. The normalized spacial score (nSPS) is 26.9. The van der Waals surface area contributed by atoms with Crippen LogP contribution in [0, 0.1) is 10.1 Å². The SMILES string of the molecule is O=[N+]([O-])/C=S1\CCNC1. The Morgan fingerprint density at radius 1 is 1.78 bits per heavy atom. The van der Waals surface area contributed by atoms with Gasteiger partial charge in [-0.05, 0) is 0 Å². The largest absolute Gasteiger partial charge is 0.307 e. The molecule has 1 aliphatic heterocycles. The molecule has 0 bridgehead atoms. The Morgan fingerprint density at radius 3 is 3.00 bits per heavy atom. The maximum absolute atomic E-state index is 9.88. The van der Waals surface area contributed by atoms with Gasteiger partial charge in [-0.1, -0.05) is 0 Å². The Bertz CT molecular complexity index is 149. The summed E-state index contributed by atoms with van der Waals surface area (Å²) in [5.74, 6) is 1.72. The van der Waals surface area contributed by atoms with Crippen LogP contribution >= 0.6 is 10.5 Å². The van der Waals surface area contributed by atoms with Crippen LogP contribution in [0.3, 0.4) is 0 Å². The van der Waals surface area contributed by atoms with E-state index in [1.807, 2.05) is 0 Å². The zero-order valence-corrected chi connectivity index (χ0v) is 5.69. The standard InChI is InChI=1S/C4H8N2O2S/c7-6(8)4-9-2-1-5-3-9/h4-5H,1-3H2. The molecule has 5 heteroatoms. The van der Waals surface area contributed by atoms with E-state index >= 15 is 0 Å². The average molecular weight is 148 g/mol. The number of hydrogen-bond acceptors (Lipinski definition) is 3. The molecule has 1 fully saturated rings. The summed E-state index contributed by atoms with van der Waals surface area (Å²) >= 11 is 0. The van der Waals surface area contributed by atoms with Gasteiger partial charge in [0, 0.05) is 18.2 Å². The highest BCUT2D eigenvalue weighted by atomic mass is 32.2. The number of nitrogens with one attached hydrogen (secondary N) is 1. The molecule has 0 aromatic carbocycles. The summed E-state index contributed by atoms with van der Waals surface area (Å²) < 4.78 is 0. The Morgan fingerprint density at radius 2 is 2.56 bits per heavy atom. The fourth-order valence-electron chi connectivity index (χ4n) is 0.690. The summed E-state index contributed by atoms with van der Waals surface area (Å²) in [6, 6.07) is 0. The molecule has 1 unspecified atom stereocenters. The van der Waals surface area contributed by atoms with E-state index in [4.69, 9.17) is 0 Å². The Balaban J connectivity index is 2.49. The molecule has 1 atom stereocenters. The summed E-state index contributed by atoms with van der Waals surface area (Å²) in [5.41, 5.74) is 1.19. The number of nitro groups is 1. The molecule has 1 rings (SSSR count). The lowest BCUT2D eigenvalue weighted by Crippen LogP contribution is -2.04. The first kappa shape index (κ1) is 6.70. The highest BCUT2D eigenvalue weighted by Gasteiger charge is 2.06. The molecule has 52 valence electrons. The third-order valence-corrected chi connectivity index (χ3v) is 2.84. The van der Waals surface area contributed by atoms with Gasteiger partial charge in [0.1, 0.15) is 0 Å². The molecule has 1 saturated heterocycles. The van der Waals surface area contributed by atoms with E-state index in [-0.39, 0.29) is 15.4 Å². The van der Waals surface area contributed by atoms with E-state index < -0.39 is 0 Å². The molecule has 1 heterocycles. The molecule has 4 nitrogen and oxygen atoms in total. The quantitative estimate of drug-likeness (QED) is 0.320. The van der Waals surface area contributed by atoms with Crippen LogP contribution in [-0.4, -0.2) is 28.6 Å². The van der Waals surface area contributed by atoms with Gasteiger partial charge >= 0.3 is 0 Å². The number of nitrogens with zero attached hydrogens (tertiary/aromatic N) is 1. The highest BCUT2D eigenvalue weighted by molar-refractivity contribution is 8.14. The van der Waals surface area contributed by atoms with Crippen molar-refractivity contribution in [2.24, 2.45) is 0 Å².